The molecule has 20 heavy (non-hydrogen) atoms. The molecule has 2 heterocycles. The number of ether oxygens (including phenoxy) is 1. The van der Waals surface area contributed by atoms with Crippen molar-refractivity contribution in [1.82, 2.24) is 9.88 Å². The summed E-state index contributed by atoms with van der Waals surface area (Å²) in [4.78, 5) is 9.38. The maximum Gasteiger partial charge on any atom is 0.133 e. The van der Waals surface area contributed by atoms with Crippen LogP contribution in [0.5, 0.6) is 5.75 Å². The molecular weight excluding hydrogens is 252 g/mol. The molecule has 0 unspecified atom stereocenters. The number of aromatic nitrogens is 1. The number of anilines is 2. The number of rotatable bonds is 2. The fourth-order valence-electron chi connectivity index (χ4n) is 2.57. The zero-order valence-corrected chi connectivity index (χ0v) is 12.0. The normalized spacial score (nSPS) is 16.6. The summed E-state index contributed by atoms with van der Waals surface area (Å²) in [6, 6.07) is 7.75. The summed E-state index contributed by atoms with van der Waals surface area (Å²) in [6.07, 6.45) is 0. The van der Waals surface area contributed by atoms with Crippen LogP contribution in [-0.4, -0.2) is 50.2 Å². The molecule has 5 nitrogen and oxygen atoms in total. The van der Waals surface area contributed by atoms with Gasteiger partial charge in [-0.2, -0.15) is 0 Å². The molecular formula is C15H20N4O. The van der Waals surface area contributed by atoms with Crippen molar-refractivity contribution >= 4 is 22.4 Å². The van der Waals surface area contributed by atoms with Crippen molar-refractivity contribution in [3.63, 3.8) is 0 Å². The minimum Gasteiger partial charge on any atom is -0.496 e. The highest BCUT2D eigenvalue weighted by Gasteiger charge is 2.17. The van der Waals surface area contributed by atoms with Crippen LogP contribution in [0.3, 0.4) is 0 Å². The van der Waals surface area contributed by atoms with Gasteiger partial charge in [0.2, 0.25) is 0 Å². The van der Waals surface area contributed by atoms with Crippen molar-refractivity contribution in [3.05, 3.63) is 24.3 Å². The maximum absolute atomic E-state index is 5.84. The molecule has 106 valence electrons. The van der Waals surface area contributed by atoms with Gasteiger partial charge in [0.1, 0.15) is 11.6 Å². The van der Waals surface area contributed by atoms with Crippen LogP contribution >= 0.6 is 0 Å². The number of hydrogen-bond acceptors (Lipinski definition) is 5. The van der Waals surface area contributed by atoms with Gasteiger partial charge in [-0.1, -0.05) is 0 Å². The largest absolute Gasteiger partial charge is 0.496 e. The fourth-order valence-corrected chi connectivity index (χ4v) is 2.57. The molecule has 0 aliphatic carbocycles. The van der Waals surface area contributed by atoms with Crippen LogP contribution in [-0.2, 0) is 0 Å². The third-order valence-electron chi connectivity index (χ3n) is 3.83. The van der Waals surface area contributed by atoms with Crippen LogP contribution in [0, 0.1) is 0 Å². The van der Waals surface area contributed by atoms with Crippen LogP contribution < -0.4 is 15.4 Å². The van der Waals surface area contributed by atoms with E-state index < -0.39 is 0 Å². The fraction of sp³-hybridized carbons (Fsp3) is 0.400. The van der Waals surface area contributed by atoms with Crippen LogP contribution in [0.4, 0.5) is 11.5 Å². The Morgan fingerprint density at radius 3 is 2.60 bits per heavy atom. The van der Waals surface area contributed by atoms with E-state index in [1.165, 1.54) is 0 Å². The number of hydrogen-bond donors (Lipinski definition) is 1. The molecule has 0 amide bonds. The van der Waals surface area contributed by atoms with Crippen molar-refractivity contribution in [1.29, 1.82) is 0 Å². The van der Waals surface area contributed by atoms with E-state index >= 15 is 0 Å². The molecule has 0 saturated carbocycles. The lowest BCUT2D eigenvalue weighted by Gasteiger charge is -2.33. The predicted octanol–water partition coefficient (Wildman–Crippen LogP) is 1.58. The number of fused-ring (bicyclic) bond motifs is 1. The number of methoxy groups -OCH3 is 1. The third kappa shape index (κ3) is 2.36. The number of nitrogen functional groups attached to an aromatic ring is 1. The summed E-state index contributed by atoms with van der Waals surface area (Å²) < 4.78 is 5.50. The summed E-state index contributed by atoms with van der Waals surface area (Å²) in [5.41, 5.74) is 7.49. The first-order chi connectivity index (χ1) is 9.67. The zero-order valence-electron chi connectivity index (χ0n) is 12.0. The van der Waals surface area contributed by atoms with E-state index in [9.17, 15) is 0 Å². The van der Waals surface area contributed by atoms with Gasteiger partial charge in [-0.3, -0.25) is 0 Å². The molecule has 5 heteroatoms. The highest BCUT2D eigenvalue weighted by atomic mass is 16.5. The highest BCUT2D eigenvalue weighted by Crippen LogP contribution is 2.30. The summed E-state index contributed by atoms with van der Waals surface area (Å²) in [5, 5.41) is 0.963. The lowest BCUT2D eigenvalue weighted by Crippen LogP contribution is -2.44. The molecule has 2 aromatic rings. The Morgan fingerprint density at radius 2 is 1.90 bits per heavy atom. The topological polar surface area (TPSA) is 54.6 Å². The van der Waals surface area contributed by atoms with Gasteiger partial charge in [0.15, 0.2) is 0 Å². The van der Waals surface area contributed by atoms with Gasteiger partial charge in [-0.05, 0) is 25.2 Å². The Balaban J connectivity index is 2.02. The van der Waals surface area contributed by atoms with Crippen molar-refractivity contribution in [2.75, 3.05) is 51.0 Å². The van der Waals surface area contributed by atoms with Crippen molar-refractivity contribution in [3.8, 4) is 5.75 Å². The van der Waals surface area contributed by atoms with E-state index in [-0.39, 0.29) is 0 Å². The van der Waals surface area contributed by atoms with E-state index in [1.807, 2.05) is 24.3 Å². The van der Waals surface area contributed by atoms with E-state index in [0.29, 0.717) is 0 Å². The van der Waals surface area contributed by atoms with Crippen molar-refractivity contribution in [2.45, 2.75) is 0 Å². The SMILES string of the molecule is COc1cc(N2CCN(C)CC2)nc2ccc(N)cc12. The quantitative estimate of drug-likeness (QED) is 0.841. The molecule has 1 aromatic heterocycles. The molecule has 0 spiro atoms. The summed E-state index contributed by atoms with van der Waals surface area (Å²) in [7, 11) is 3.83. The van der Waals surface area contributed by atoms with Crippen LogP contribution in [0.2, 0.25) is 0 Å². The summed E-state index contributed by atoms with van der Waals surface area (Å²) >= 11 is 0. The lowest BCUT2D eigenvalue weighted by molar-refractivity contribution is 0.312. The lowest BCUT2D eigenvalue weighted by atomic mass is 10.1. The van der Waals surface area contributed by atoms with Gasteiger partial charge < -0.3 is 20.3 Å². The molecule has 1 aliphatic rings. The molecule has 1 aliphatic heterocycles. The minimum atomic E-state index is 0.727. The zero-order chi connectivity index (χ0) is 14.1. The molecule has 0 radical (unpaired) electrons. The third-order valence-corrected chi connectivity index (χ3v) is 3.83. The monoisotopic (exact) mass is 272 g/mol. The first kappa shape index (κ1) is 13.0. The molecule has 3 rings (SSSR count). The van der Waals surface area contributed by atoms with Crippen LogP contribution in [0.1, 0.15) is 0 Å². The number of benzene rings is 1. The van der Waals surface area contributed by atoms with Crippen molar-refractivity contribution in [2.24, 2.45) is 0 Å². The standard InChI is InChI=1S/C15H20N4O/c1-18-5-7-19(8-6-18)15-10-14(20-2)12-9-11(16)3-4-13(12)17-15/h3-4,9-10H,5-8,16H2,1-2H3. The summed E-state index contributed by atoms with van der Waals surface area (Å²) in [6.45, 7) is 4.10. The Hall–Kier alpha value is -2.01. The Labute approximate surface area is 118 Å². The van der Waals surface area contributed by atoms with E-state index in [4.69, 9.17) is 15.5 Å². The number of piperazine rings is 1. The average molecular weight is 272 g/mol. The highest BCUT2D eigenvalue weighted by molar-refractivity contribution is 5.89. The van der Waals surface area contributed by atoms with Crippen LogP contribution in [0.25, 0.3) is 10.9 Å². The number of nitrogens with zero attached hydrogens (tertiary/aromatic N) is 3. The molecule has 0 atom stereocenters. The number of nitrogens with two attached hydrogens (primary N) is 1. The second-order valence-electron chi connectivity index (χ2n) is 5.25. The molecule has 1 saturated heterocycles. The van der Waals surface area contributed by atoms with Gasteiger partial charge in [0.05, 0.1) is 12.6 Å². The van der Waals surface area contributed by atoms with Gasteiger partial charge in [-0.15, -0.1) is 0 Å². The molecule has 2 N–H and O–H groups in total. The van der Waals surface area contributed by atoms with Gasteiger partial charge in [-0.25, -0.2) is 4.98 Å². The molecule has 0 bridgehead atoms. The molecule has 1 aromatic carbocycles. The first-order valence-corrected chi connectivity index (χ1v) is 6.85. The van der Waals surface area contributed by atoms with Gasteiger partial charge >= 0.3 is 0 Å². The second kappa shape index (κ2) is 5.17. The average Bonchev–Trinajstić information content (AvgIpc) is 2.47. The smallest absolute Gasteiger partial charge is 0.133 e. The van der Waals surface area contributed by atoms with Gasteiger partial charge in [0.25, 0.3) is 0 Å². The Bertz CT molecular complexity index is 621. The van der Waals surface area contributed by atoms with Crippen molar-refractivity contribution < 1.29 is 4.74 Å². The van der Waals surface area contributed by atoms with Gasteiger partial charge in [0, 0.05) is 43.3 Å². The number of pyridine rings is 1. The number of likely N-dealkylation sites (N-methyl/N-ethyl adjacent to an activating group) is 1. The molecule has 1 fully saturated rings. The second-order valence-corrected chi connectivity index (χ2v) is 5.25. The Morgan fingerprint density at radius 1 is 1.15 bits per heavy atom. The first-order valence-electron chi connectivity index (χ1n) is 6.85. The maximum atomic E-state index is 5.84. The predicted molar refractivity (Wildman–Crippen MR) is 82.4 cm³/mol. The minimum absolute atomic E-state index is 0.727. The summed E-state index contributed by atoms with van der Waals surface area (Å²) in [5.74, 6) is 1.81. The van der Waals surface area contributed by atoms with Crippen LogP contribution in [0.15, 0.2) is 24.3 Å². The van der Waals surface area contributed by atoms with E-state index in [1.54, 1.807) is 7.11 Å². The Kier molecular flexibility index (Phi) is 3.36. The van der Waals surface area contributed by atoms with E-state index in [0.717, 1.165) is 54.3 Å². The van der Waals surface area contributed by atoms with E-state index in [2.05, 4.69) is 16.8 Å².